The molecular formula is C9H14N4O. The minimum Gasteiger partial charge on any atom is -0.337 e. The maximum absolute atomic E-state index is 11.5. The Labute approximate surface area is 83.0 Å². The number of nitrogens with one attached hydrogen (secondary N) is 2. The van der Waals surface area contributed by atoms with Gasteiger partial charge in [-0.1, -0.05) is 6.58 Å². The van der Waals surface area contributed by atoms with Crippen molar-refractivity contribution in [2.45, 2.75) is 12.8 Å². The van der Waals surface area contributed by atoms with Gasteiger partial charge in [0.2, 0.25) is 5.91 Å². The lowest BCUT2D eigenvalue weighted by atomic mass is 10.2. The standard InChI is InChI=1S/C9H14N4O/c1-6-4-9(14)13(3)8(11)5-7(10)12(6)2/h10-11H,1,4-5H2,2-3H3. The molecule has 0 atom stereocenters. The van der Waals surface area contributed by atoms with E-state index in [1.165, 1.54) is 4.90 Å². The van der Waals surface area contributed by atoms with E-state index < -0.39 is 0 Å². The van der Waals surface area contributed by atoms with Crippen LogP contribution in [0.25, 0.3) is 0 Å². The zero-order valence-electron chi connectivity index (χ0n) is 8.42. The first-order valence-corrected chi connectivity index (χ1v) is 4.26. The second-order valence-electron chi connectivity index (χ2n) is 3.32. The maximum atomic E-state index is 11.5. The number of carbonyl (C=O) groups is 1. The summed E-state index contributed by atoms with van der Waals surface area (Å²) in [7, 11) is 3.24. The van der Waals surface area contributed by atoms with Crippen LogP contribution in [0.4, 0.5) is 0 Å². The molecule has 0 unspecified atom stereocenters. The lowest BCUT2D eigenvalue weighted by Gasteiger charge is -2.29. The van der Waals surface area contributed by atoms with Crippen LogP contribution >= 0.6 is 0 Å². The minimum absolute atomic E-state index is 0.152. The van der Waals surface area contributed by atoms with Crippen LogP contribution in [0, 0.1) is 10.8 Å². The average molecular weight is 194 g/mol. The van der Waals surface area contributed by atoms with Crippen molar-refractivity contribution in [1.29, 1.82) is 10.8 Å². The van der Waals surface area contributed by atoms with Gasteiger partial charge < -0.3 is 9.80 Å². The summed E-state index contributed by atoms with van der Waals surface area (Å²) in [4.78, 5) is 14.3. The van der Waals surface area contributed by atoms with Crippen LogP contribution in [0.5, 0.6) is 0 Å². The Morgan fingerprint density at radius 3 is 2.21 bits per heavy atom. The van der Waals surface area contributed by atoms with Crippen molar-refractivity contribution >= 4 is 17.6 Å². The molecule has 0 aromatic rings. The molecule has 1 aliphatic rings. The zero-order chi connectivity index (χ0) is 10.9. The van der Waals surface area contributed by atoms with Crippen molar-refractivity contribution in [3.8, 4) is 0 Å². The van der Waals surface area contributed by atoms with Crippen molar-refractivity contribution in [1.82, 2.24) is 9.80 Å². The summed E-state index contributed by atoms with van der Waals surface area (Å²) < 4.78 is 0. The number of rotatable bonds is 0. The van der Waals surface area contributed by atoms with Crippen molar-refractivity contribution in [2.75, 3.05) is 14.1 Å². The molecule has 0 aliphatic carbocycles. The van der Waals surface area contributed by atoms with E-state index in [-0.39, 0.29) is 24.6 Å². The zero-order valence-corrected chi connectivity index (χ0v) is 8.42. The molecule has 0 saturated carbocycles. The van der Waals surface area contributed by atoms with E-state index >= 15 is 0 Å². The smallest absolute Gasteiger partial charge is 0.233 e. The number of amides is 1. The Kier molecular flexibility index (Phi) is 2.69. The van der Waals surface area contributed by atoms with Gasteiger partial charge in [0.05, 0.1) is 12.8 Å². The Morgan fingerprint density at radius 1 is 1.14 bits per heavy atom. The fourth-order valence-electron chi connectivity index (χ4n) is 1.15. The van der Waals surface area contributed by atoms with Gasteiger partial charge in [0, 0.05) is 19.8 Å². The fourth-order valence-corrected chi connectivity index (χ4v) is 1.15. The normalized spacial score (nSPS) is 19.9. The molecule has 0 bridgehead atoms. The summed E-state index contributed by atoms with van der Waals surface area (Å²) in [5, 5.41) is 15.2. The van der Waals surface area contributed by atoms with Gasteiger partial charge in [-0.05, 0) is 0 Å². The summed E-state index contributed by atoms with van der Waals surface area (Å²) in [6.07, 6.45) is 0.329. The molecule has 0 radical (unpaired) electrons. The summed E-state index contributed by atoms with van der Waals surface area (Å²) >= 11 is 0. The van der Waals surface area contributed by atoms with Crippen molar-refractivity contribution in [3.63, 3.8) is 0 Å². The molecule has 0 spiro atoms. The van der Waals surface area contributed by atoms with Crippen LogP contribution in [0.3, 0.4) is 0 Å². The third kappa shape index (κ3) is 1.81. The Bertz CT molecular complexity index is 261. The molecule has 76 valence electrons. The molecule has 1 fully saturated rings. The third-order valence-electron chi connectivity index (χ3n) is 2.35. The number of carbonyl (C=O) groups excluding carboxylic acids is 1. The molecule has 1 heterocycles. The predicted molar refractivity (Wildman–Crippen MR) is 54.4 cm³/mol. The highest BCUT2D eigenvalue weighted by Gasteiger charge is 2.23. The van der Waals surface area contributed by atoms with E-state index in [0.717, 1.165) is 0 Å². The highest BCUT2D eigenvalue weighted by Crippen LogP contribution is 2.13. The van der Waals surface area contributed by atoms with Crippen LogP contribution in [-0.4, -0.2) is 41.5 Å². The highest BCUT2D eigenvalue weighted by molar-refractivity contribution is 6.07. The largest absolute Gasteiger partial charge is 0.337 e. The molecule has 0 aromatic heterocycles. The molecule has 1 rings (SSSR count). The van der Waals surface area contributed by atoms with E-state index in [2.05, 4.69) is 6.58 Å². The lowest BCUT2D eigenvalue weighted by molar-refractivity contribution is -0.126. The van der Waals surface area contributed by atoms with Gasteiger partial charge in [0.25, 0.3) is 0 Å². The van der Waals surface area contributed by atoms with Gasteiger partial charge in [0.15, 0.2) is 0 Å². The SMILES string of the molecule is C=C1CC(=O)N(C)C(=N)CC(=N)N1C. The van der Waals surface area contributed by atoms with E-state index in [4.69, 9.17) is 10.8 Å². The molecule has 5 heteroatoms. The second kappa shape index (κ2) is 3.61. The second-order valence-corrected chi connectivity index (χ2v) is 3.32. The highest BCUT2D eigenvalue weighted by atomic mass is 16.2. The van der Waals surface area contributed by atoms with Crippen LogP contribution in [0.2, 0.25) is 0 Å². The number of hydrogen-bond acceptors (Lipinski definition) is 3. The first-order valence-electron chi connectivity index (χ1n) is 4.26. The third-order valence-corrected chi connectivity index (χ3v) is 2.35. The summed E-state index contributed by atoms with van der Waals surface area (Å²) in [6, 6.07) is 0. The summed E-state index contributed by atoms with van der Waals surface area (Å²) in [5.41, 5.74) is 0.597. The van der Waals surface area contributed by atoms with Crippen molar-refractivity contribution in [3.05, 3.63) is 12.3 Å². The van der Waals surface area contributed by atoms with E-state index in [1.54, 1.807) is 19.0 Å². The topological polar surface area (TPSA) is 71.2 Å². The monoisotopic (exact) mass is 194 g/mol. The molecule has 14 heavy (non-hydrogen) atoms. The molecule has 0 aromatic carbocycles. The van der Waals surface area contributed by atoms with Crippen LogP contribution < -0.4 is 0 Å². The Balaban J connectivity index is 2.93. The van der Waals surface area contributed by atoms with E-state index in [9.17, 15) is 4.79 Å². The number of hydrogen-bond donors (Lipinski definition) is 2. The Hall–Kier alpha value is -1.65. The fraction of sp³-hybridized carbons (Fsp3) is 0.444. The quantitative estimate of drug-likeness (QED) is 0.594. The van der Waals surface area contributed by atoms with E-state index in [0.29, 0.717) is 11.5 Å². The summed E-state index contributed by atoms with van der Waals surface area (Å²) in [5.74, 6) is 0.290. The van der Waals surface area contributed by atoms with Gasteiger partial charge in [-0.2, -0.15) is 0 Å². The molecule has 5 nitrogen and oxygen atoms in total. The van der Waals surface area contributed by atoms with E-state index in [1.807, 2.05) is 0 Å². The summed E-state index contributed by atoms with van der Waals surface area (Å²) in [6.45, 7) is 3.72. The number of nitrogens with zero attached hydrogens (tertiary/aromatic N) is 2. The van der Waals surface area contributed by atoms with Gasteiger partial charge in [-0.3, -0.25) is 15.6 Å². The average Bonchev–Trinajstić information content (AvgIpc) is 2.13. The molecule has 1 amide bonds. The van der Waals surface area contributed by atoms with Crippen LogP contribution in [0.15, 0.2) is 12.3 Å². The van der Waals surface area contributed by atoms with Crippen molar-refractivity contribution < 1.29 is 4.79 Å². The Morgan fingerprint density at radius 2 is 1.64 bits per heavy atom. The number of amidine groups is 2. The molecule has 2 N–H and O–H groups in total. The first kappa shape index (κ1) is 10.4. The minimum atomic E-state index is -0.153. The molecule has 1 saturated heterocycles. The molecular weight excluding hydrogens is 180 g/mol. The first-order chi connectivity index (χ1) is 6.43. The lowest BCUT2D eigenvalue weighted by Crippen LogP contribution is -2.41. The maximum Gasteiger partial charge on any atom is 0.233 e. The van der Waals surface area contributed by atoms with Crippen LogP contribution in [-0.2, 0) is 4.79 Å². The van der Waals surface area contributed by atoms with Gasteiger partial charge in [-0.15, -0.1) is 0 Å². The van der Waals surface area contributed by atoms with Gasteiger partial charge in [-0.25, -0.2) is 0 Å². The van der Waals surface area contributed by atoms with Crippen molar-refractivity contribution in [2.24, 2.45) is 0 Å². The predicted octanol–water partition coefficient (Wildman–Crippen LogP) is 0.639. The van der Waals surface area contributed by atoms with Gasteiger partial charge >= 0.3 is 0 Å². The van der Waals surface area contributed by atoms with Gasteiger partial charge in [0.1, 0.15) is 11.7 Å². The molecule has 1 aliphatic heterocycles. The van der Waals surface area contributed by atoms with Crippen LogP contribution in [0.1, 0.15) is 12.8 Å².